The number of aliphatic hydroxyl groups is 1. The average molecular weight is 444 g/mol. The Hall–Kier alpha value is -2.90. The van der Waals surface area contributed by atoms with Crippen molar-refractivity contribution in [2.75, 3.05) is 26.2 Å². The molecule has 1 saturated heterocycles. The maximum Gasteiger partial charge on any atom is 0.171 e. The number of β-amino-alcohol motifs (C(OH)–C–C–N with tert-alkyl or cyclic N) is 1. The summed E-state index contributed by atoms with van der Waals surface area (Å²) in [4.78, 5) is 12.6. The Kier molecular flexibility index (Phi) is 5.52. The highest BCUT2D eigenvalue weighted by Gasteiger charge is 2.23. The van der Waals surface area contributed by atoms with Crippen LogP contribution in [0.2, 0.25) is 0 Å². The molecule has 3 heterocycles. The Bertz CT molecular complexity index is 1230. The van der Waals surface area contributed by atoms with Gasteiger partial charge in [0.05, 0.1) is 12.6 Å². The Morgan fingerprint density at radius 3 is 2.52 bits per heavy atom. The highest BCUT2D eigenvalue weighted by Crippen LogP contribution is 2.29. The van der Waals surface area contributed by atoms with Gasteiger partial charge in [-0.2, -0.15) is 4.89 Å². The smallest absolute Gasteiger partial charge is 0.171 e. The second kappa shape index (κ2) is 8.80. The largest absolute Gasteiger partial charge is 0.390 e. The molecule has 1 aromatic heterocycles. The van der Waals surface area contributed by atoms with Crippen molar-refractivity contribution in [3.05, 3.63) is 77.9 Å². The topological polar surface area (TPSA) is 58.9 Å². The molecule has 0 aliphatic carbocycles. The number of para-hydroxylation sites is 2. The van der Waals surface area contributed by atoms with Gasteiger partial charge < -0.3 is 19.9 Å². The van der Waals surface area contributed by atoms with Gasteiger partial charge in [-0.1, -0.05) is 42.5 Å². The van der Waals surface area contributed by atoms with E-state index in [-0.39, 0.29) is 0 Å². The minimum Gasteiger partial charge on any atom is -0.390 e. The van der Waals surface area contributed by atoms with Gasteiger partial charge in [-0.15, -0.1) is 0 Å². The van der Waals surface area contributed by atoms with E-state index in [2.05, 4.69) is 75.4 Å². The minimum atomic E-state index is -0.433. The molecule has 1 fully saturated rings. The van der Waals surface area contributed by atoms with E-state index < -0.39 is 6.10 Å². The van der Waals surface area contributed by atoms with Crippen molar-refractivity contribution in [2.24, 2.45) is 0 Å². The molecule has 4 aromatic rings. The van der Waals surface area contributed by atoms with Gasteiger partial charge in [0.15, 0.2) is 5.75 Å². The molecule has 0 bridgehead atoms. The summed E-state index contributed by atoms with van der Waals surface area (Å²) in [6, 6.07) is 23.6. The summed E-state index contributed by atoms with van der Waals surface area (Å²) < 4.78 is 2.27. The molecule has 170 valence electrons. The first-order valence-corrected chi connectivity index (χ1v) is 11.8. The molecule has 2 N–H and O–H groups in total. The van der Waals surface area contributed by atoms with E-state index in [1.165, 1.54) is 27.4 Å². The van der Waals surface area contributed by atoms with Crippen molar-refractivity contribution in [1.82, 2.24) is 14.8 Å². The summed E-state index contributed by atoms with van der Waals surface area (Å²) in [5, 5.41) is 17.2. The average Bonchev–Trinajstić information content (AvgIpc) is 3.42. The summed E-state index contributed by atoms with van der Waals surface area (Å²) in [5.41, 5.74) is 4.76. The lowest BCUT2D eigenvalue weighted by atomic mass is 10.0. The number of hydrogen-bond acceptors (Lipinski definition) is 5. The number of aromatic nitrogens is 1. The number of piperazine rings is 1. The van der Waals surface area contributed by atoms with E-state index >= 15 is 0 Å². The Balaban J connectivity index is 1.13. The van der Waals surface area contributed by atoms with Crippen LogP contribution in [-0.4, -0.2) is 52.9 Å². The molecule has 6 nitrogen and oxygen atoms in total. The number of rotatable bonds is 6. The molecule has 2 aliphatic rings. The first-order chi connectivity index (χ1) is 16.2. The lowest BCUT2D eigenvalue weighted by Crippen LogP contribution is -2.53. The fraction of sp³-hybridized carbons (Fsp3) is 0.333. The monoisotopic (exact) mass is 443 g/mol. The lowest BCUT2D eigenvalue weighted by Gasteiger charge is -2.35. The zero-order chi connectivity index (χ0) is 22.2. The van der Waals surface area contributed by atoms with Crippen LogP contribution in [0.15, 0.2) is 66.7 Å². The van der Waals surface area contributed by atoms with E-state index in [9.17, 15) is 5.11 Å². The van der Waals surface area contributed by atoms with E-state index in [0.717, 1.165) is 37.4 Å². The van der Waals surface area contributed by atoms with E-state index in [0.29, 0.717) is 25.7 Å². The highest BCUT2D eigenvalue weighted by atomic mass is 17.2. The van der Waals surface area contributed by atoms with Crippen molar-refractivity contribution in [3.8, 4) is 5.75 Å². The third kappa shape index (κ3) is 4.11. The molecule has 6 heteroatoms. The van der Waals surface area contributed by atoms with Gasteiger partial charge in [-0.25, -0.2) is 0 Å². The minimum absolute atomic E-state index is 0.362. The van der Waals surface area contributed by atoms with Crippen LogP contribution in [0, 0.1) is 0 Å². The zero-order valence-corrected chi connectivity index (χ0v) is 18.6. The van der Waals surface area contributed by atoms with Gasteiger partial charge in [-0.3, -0.25) is 4.90 Å². The van der Waals surface area contributed by atoms with Crippen LogP contribution in [0.1, 0.15) is 11.1 Å². The van der Waals surface area contributed by atoms with Gasteiger partial charge in [0.1, 0.15) is 6.61 Å². The number of nitrogens with zero attached hydrogens (tertiary/aromatic N) is 2. The van der Waals surface area contributed by atoms with Crippen LogP contribution >= 0.6 is 0 Å². The van der Waals surface area contributed by atoms with Gasteiger partial charge in [0, 0.05) is 59.6 Å². The standard InChI is InChI=1S/C27H29N3O3/c31-22(17-30-25-7-3-1-5-23(25)24-6-2-4-8-26(24)30)16-29-12-11-28-21(15-29)14-19-9-10-27-20(13-19)18-32-33-27/h1-10,13,21-22,28,31H,11-12,14-18H2. The number of aliphatic hydroxyl groups excluding tert-OH is 1. The molecule has 0 spiro atoms. The number of nitrogens with one attached hydrogen (secondary N) is 1. The molecule has 2 atom stereocenters. The predicted molar refractivity (Wildman–Crippen MR) is 129 cm³/mol. The number of fused-ring (bicyclic) bond motifs is 4. The molecule has 0 radical (unpaired) electrons. The molecule has 6 rings (SSSR count). The molecule has 2 unspecified atom stereocenters. The Morgan fingerprint density at radius 2 is 1.73 bits per heavy atom. The summed E-state index contributed by atoms with van der Waals surface area (Å²) in [6.45, 7) is 4.59. The van der Waals surface area contributed by atoms with Gasteiger partial charge >= 0.3 is 0 Å². The van der Waals surface area contributed by atoms with Crippen molar-refractivity contribution in [3.63, 3.8) is 0 Å². The summed E-state index contributed by atoms with van der Waals surface area (Å²) in [5.74, 6) is 0.824. The quantitative estimate of drug-likeness (QED) is 0.447. The number of hydrogen-bond donors (Lipinski definition) is 2. The number of benzene rings is 3. The Labute approximate surface area is 193 Å². The van der Waals surface area contributed by atoms with Crippen LogP contribution in [0.4, 0.5) is 0 Å². The van der Waals surface area contributed by atoms with Crippen LogP contribution in [0.3, 0.4) is 0 Å². The lowest BCUT2D eigenvalue weighted by molar-refractivity contribution is -0.194. The van der Waals surface area contributed by atoms with E-state index in [1.807, 2.05) is 6.07 Å². The first kappa shape index (κ1) is 20.7. The van der Waals surface area contributed by atoms with E-state index in [4.69, 9.17) is 9.78 Å². The maximum atomic E-state index is 11.1. The van der Waals surface area contributed by atoms with Crippen molar-refractivity contribution in [2.45, 2.75) is 31.7 Å². The van der Waals surface area contributed by atoms with Crippen LogP contribution in [-0.2, 0) is 24.5 Å². The molecular weight excluding hydrogens is 414 g/mol. The normalized spacial score (nSPS) is 19.6. The van der Waals surface area contributed by atoms with Crippen LogP contribution in [0.25, 0.3) is 21.8 Å². The fourth-order valence-electron chi connectivity index (χ4n) is 5.36. The van der Waals surface area contributed by atoms with Gasteiger partial charge in [0.2, 0.25) is 0 Å². The maximum absolute atomic E-state index is 11.1. The fourth-order valence-corrected chi connectivity index (χ4v) is 5.36. The SMILES string of the molecule is OC(CN1CCNC(Cc2ccc3c(c2)COO3)C1)Cn1c2ccccc2c2ccccc21. The summed E-state index contributed by atoms with van der Waals surface area (Å²) >= 11 is 0. The van der Waals surface area contributed by atoms with Crippen molar-refractivity contribution < 1.29 is 14.9 Å². The van der Waals surface area contributed by atoms with Gasteiger partial charge in [-0.05, 0) is 36.2 Å². The summed E-state index contributed by atoms with van der Waals surface area (Å²) in [7, 11) is 0. The van der Waals surface area contributed by atoms with Crippen LogP contribution in [0.5, 0.6) is 5.75 Å². The molecular formula is C27H29N3O3. The third-order valence-corrected chi connectivity index (χ3v) is 6.85. The molecule has 2 aliphatic heterocycles. The molecule has 0 saturated carbocycles. The third-order valence-electron chi connectivity index (χ3n) is 6.85. The Morgan fingerprint density at radius 1 is 0.970 bits per heavy atom. The highest BCUT2D eigenvalue weighted by molar-refractivity contribution is 6.07. The molecule has 3 aromatic carbocycles. The van der Waals surface area contributed by atoms with Crippen LogP contribution < -0.4 is 10.2 Å². The van der Waals surface area contributed by atoms with Gasteiger partial charge in [0.25, 0.3) is 0 Å². The second-order valence-electron chi connectivity index (χ2n) is 9.20. The first-order valence-electron chi connectivity index (χ1n) is 11.8. The van der Waals surface area contributed by atoms with Crippen molar-refractivity contribution in [1.29, 1.82) is 0 Å². The summed E-state index contributed by atoms with van der Waals surface area (Å²) in [6.07, 6.45) is 0.518. The molecule has 0 amide bonds. The van der Waals surface area contributed by atoms with Crippen molar-refractivity contribution >= 4 is 21.8 Å². The predicted octanol–water partition coefficient (Wildman–Crippen LogP) is 3.50. The molecule has 33 heavy (non-hydrogen) atoms. The second-order valence-corrected chi connectivity index (χ2v) is 9.20. The zero-order valence-electron chi connectivity index (χ0n) is 18.6. The van der Waals surface area contributed by atoms with E-state index in [1.54, 1.807) is 0 Å².